The number of pyridine rings is 1. The largest absolute Gasteiger partial charge is 0.497 e. The van der Waals surface area contributed by atoms with Crippen LogP contribution in [0.5, 0.6) is 5.75 Å². The van der Waals surface area contributed by atoms with Crippen LogP contribution in [-0.2, 0) is 20.9 Å². The third-order valence-corrected chi connectivity index (χ3v) is 6.17. The first kappa shape index (κ1) is 23.5. The number of hydrogen-bond acceptors (Lipinski definition) is 6. The zero-order chi connectivity index (χ0) is 24.2. The van der Waals surface area contributed by atoms with E-state index in [1.165, 1.54) is 10.5 Å². The summed E-state index contributed by atoms with van der Waals surface area (Å²) >= 11 is 0. The molecule has 0 N–H and O–H groups in total. The Bertz CT molecular complexity index is 1250. The summed E-state index contributed by atoms with van der Waals surface area (Å²) in [5.74, 6) is -0.467. The van der Waals surface area contributed by atoms with Crippen molar-refractivity contribution in [2.24, 2.45) is 5.92 Å². The molecule has 3 aromatic rings. The molecule has 34 heavy (non-hydrogen) atoms. The number of methoxy groups -OCH3 is 1. The molecular formula is C26H29N3O5. The van der Waals surface area contributed by atoms with Crippen LogP contribution in [0.4, 0.5) is 0 Å². The number of nitrogens with zero attached hydrogens (tertiary/aromatic N) is 3. The second-order valence-electron chi connectivity index (χ2n) is 8.60. The number of likely N-dealkylation sites (tertiary alicyclic amines) is 1. The predicted octanol–water partition coefficient (Wildman–Crippen LogP) is 3.44. The molecule has 4 rings (SSSR count). The van der Waals surface area contributed by atoms with Gasteiger partial charge in [0.25, 0.3) is 5.56 Å². The van der Waals surface area contributed by atoms with Gasteiger partial charge in [-0.15, -0.1) is 0 Å². The highest BCUT2D eigenvalue weighted by molar-refractivity contribution is 5.88. The van der Waals surface area contributed by atoms with E-state index < -0.39 is 17.9 Å². The standard InChI is InChI=1S/C26H29N3O5/c1-4-5-12-28-24(31)14-21(25(28)18-7-9-20(33-3)10-8-18)26(32)34-16-19-13-23(30)29-15-17(2)6-11-22(29)27-19/h6-11,13,15,21,25H,4-5,12,14,16H2,1-3H3/t21-,25+/m1/s1. The van der Waals surface area contributed by atoms with E-state index in [2.05, 4.69) is 11.9 Å². The van der Waals surface area contributed by atoms with Gasteiger partial charge in [-0.05, 0) is 42.7 Å². The maximum absolute atomic E-state index is 13.1. The van der Waals surface area contributed by atoms with Crippen LogP contribution in [0.1, 0.15) is 49.0 Å². The van der Waals surface area contributed by atoms with Crippen molar-refractivity contribution in [2.45, 2.75) is 45.8 Å². The molecule has 178 valence electrons. The number of amides is 1. The fraction of sp³-hybridized carbons (Fsp3) is 0.385. The van der Waals surface area contributed by atoms with Gasteiger partial charge in [0.2, 0.25) is 5.91 Å². The highest BCUT2D eigenvalue weighted by Crippen LogP contribution is 2.39. The molecule has 0 aliphatic carbocycles. The van der Waals surface area contributed by atoms with Gasteiger partial charge in [-0.2, -0.15) is 0 Å². The van der Waals surface area contributed by atoms with Crippen LogP contribution < -0.4 is 10.3 Å². The minimum absolute atomic E-state index is 0.0614. The average molecular weight is 464 g/mol. The fourth-order valence-electron chi connectivity index (χ4n) is 4.39. The minimum atomic E-state index is -0.637. The van der Waals surface area contributed by atoms with Crippen molar-refractivity contribution >= 4 is 17.5 Å². The SMILES string of the molecule is CCCCN1C(=O)C[C@@H](C(=O)OCc2cc(=O)n3cc(C)ccc3n2)[C@@H]1c1ccc(OC)cc1. The molecule has 1 aliphatic rings. The summed E-state index contributed by atoms with van der Waals surface area (Å²) in [6.07, 6.45) is 3.60. The number of ether oxygens (including phenoxy) is 2. The molecule has 0 radical (unpaired) electrons. The maximum atomic E-state index is 13.1. The Morgan fingerprint density at radius 3 is 2.62 bits per heavy atom. The molecule has 8 heteroatoms. The van der Waals surface area contributed by atoms with E-state index in [-0.39, 0.29) is 24.5 Å². The zero-order valence-corrected chi connectivity index (χ0v) is 19.7. The number of carbonyl (C=O) groups is 2. The van der Waals surface area contributed by atoms with Gasteiger partial charge in [-0.25, -0.2) is 4.98 Å². The Morgan fingerprint density at radius 2 is 1.91 bits per heavy atom. The highest BCUT2D eigenvalue weighted by atomic mass is 16.5. The highest BCUT2D eigenvalue weighted by Gasteiger charge is 2.45. The first-order valence-corrected chi connectivity index (χ1v) is 11.5. The lowest BCUT2D eigenvalue weighted by atomic mass is 9.93. The molecular weight excluding hydrogens is 434 g/mol. The lowest BCUT2D eigenvalue weighted by molar-refractivity contribution is -0.151. The van der Waals surface area contributed by atoms with E-state index in [1.54, 1.807) is 24.3 Å². The van der Waals surface area contributed by atoms with Crippen molar-refractivity contribution in [2.75, 3.05) is 13.7 Å². The Hall–Kier alpha value is -3.68. The van der Waals surface area contributed by atoms with Crippen LogP contribution in [0, 0.1) is 12.8 Å². The molecule has 2 atom stereocenters. The number of benzene rings is 1. The summed E-state index contributed by atoms with van der Waals surface area (Å²) in [6, 6.07) is 12.0. The number of esters is 1. The number of aryl methyl sites for hydroxylation is 1. The molecule has 0 saturated carbocycles. The Kier molecular flexibility index (Phi) is 6.95. The average Bonchev–Trinajstić information content (AvgIpc) is 3.17. The predicted molar refractivity (Wildman–Crippen MR) is 126 cm³/mol. The molecule has 1 aromatic carbocycles. The molecule has 0 spiro atoms. The normalized spacial score (nSPS) is 17.9. The first-order chi connectivity index (χ1) is 16.4. The van der Waals surface area contributed by atoms with Gasteiger partial charge in [0.05, 0.1) is 24.8 Å². The Labute approximate surface area is 198 Å². The van der Waals surface area contributed by atoms with E-state index in [9.17, 15) is 14.4 Å². The van der Waals surface area contributed by atoms with Crippen molar-refractivity contribution in [3.8, 4) is 5.75 Å². The van der Waals surface area contributed by atoms with Crippen LogP contribution in [0.2, 0.25) is 0 Å². The number of rotatable bonds is 8. The molecule has 1 saturated heterocycles. The van der Waals surface area contributed by atoms with E-state index >= 15 is 0 Å². The van der Waals surface area contributed by atoms with Crippen LogP contribution in [0.3, 0.4) is 0 Å². The smallest absolute Gasteiger partial charge is 0.312 e. The van der Waals surface area contributed by atoms with E-state index in [4.69, 9.17) is 9.47 Å². The number of hydrogen-bond donors (Lipinski definition) is 0. The van der Waals surface area contributed by atoms with E-state index in [1.807, 2.05) is 37.3 Å². The monoisotopic (exact) mass is 463 g/mol. The molecule has 0 bridgehead atoms. The minimum Gasteiger partial charge on any atom is -0.497 e. The van der Waals surface area contributed by atoms with Crippen molar-refractivity contribution in [3.63, 3.8) is 0 Å². The van der Waals surface area contributed by atoms with Crippen LogP contribution in [-0.4, -0.2) is 39.8 Å². The van der Waals surface area contributed by atoms with Gasteiger partial charge in [0.15, 0.2) is 0 Å². The number of unbranched alkanes of at least 4 members (excludes halogenated alkanes) is 1. The molecule has 1 aliphatic heterocycles. The van der Waals surface area contributed by atoms with Gasteiger partial charge >= 0.3 is 5.97 Å². The second kappa shape index (κ2) is 10.1. The molecule has 0 unspecified atom stereocenters. The van der Waals surface area contributed by atoms with Crippen molar-refractivity contribution in [1.82, 2.24) is 14.3 Å². The van der Waals surface area contributed by atoms with Crippen molar-refractivity contribution in [3.05, 3.63) is 75.8 Å². The molecule has 2 aromatic heterocycles. The number of aromatic nitrogens is 2. The van der Waals surface area contributed by atoms with Gasteiger partial charge in [-0.3, -0.25) is 18.8 Å². The van der Waals surface area contributed by atoms with Crippen molar-refractivity contribution in [1.29, 1.82) is 0 Å². The van der Waals surface area contributed by atoms with E-state index in [0.717, 1.165) is 24.0 Å². The summed E-state index contributed by atoms with van der Waals surface area (Å²) in [7, 11) is 1.59. The molecule has 8 nitrogen and oxygen atoms in total. The molecule has 1 amide bonds. The Balaban J connectivity index is 1.55. The fourth-order valence-corrected chi connectivity index (χ4v) is 4.39. The van der Waals surface area contributed by atoms with Gasteiger partial charge in [-0.1, -0.05) is 31.5 Å². The quantitative estimate of drug-likeness (QED) is 0.476. The van der Waals surface area contributed by atoms with Crippen LogP contribution in [0.25, 0.3) is 5.65 Å². The van der Waals surface area contributed by atoms with Gasteiger partial charge in [0, 0.05) is 25.2 Å². The molecule has 3 heterocycles. The Morgan fingerprint density at radius 1 is 1.15 bits per heavy atom. The van der Waals surface area contributed by atoms with Crippen LogP contribution >= 0.6 is 0 Å². The van der Waals surface area contributed by atoms with Crippen molar-refractivity contribution < 1.29 is 19.1 Å². The lowest BCUT2D eigenvalue weighted by Crippen LogP contribution is -2.32. The second-order valence-corrected chi connectivity index (χ2v) is 8.60. The lowest BCUT2D eigenvalue weighted by Gasteiger charge is -2.28. The summed E-state index contributed by atoms with van der Waals surface area (Å²) in [5, 5.41) is 0. The summed E-state index contributed by atoms with van der Waals surface area (Å²) < 4.78 is 12.3. The summed E-state index contributed by atoms with van der Waals surface area (Å²) in [4.78, 5) is 44.6. The third kappa shape index (κ3) is 4.81. The number of fused-ring (bicyclic) bond motifs is 1. The van der Waals surface area contributed by atoms with Gasteiger partial charge < -0.3 is 14.4 Å². The topological polar surface area (TPSA) is 90.2 Å². The zero-order valence-electron chi connectivity index (χ0n) is 19.7. The first-order valence-electron chi connectivity index (χ1n) is 11.5. The summed E-state index contributed by atoms with van der Waals surface area (Å²) in [5.41, 5.74) is 2.43. The molecule has 1 fully saturated rings. The summed E-state index contributed by atoms with van der Waals surface area (Å²) in [6.45, 7) is 4.41. The van der Waals surface area contributed by atoms with E-state index in [0.29, 0.717) is 23.6 Å². The number of carbonyl (C=O) groups excluding carboxylic acids is 2. The maximum Gasteiger partial charge on any atom is 0.312 e. The third-order valence-electron chi connectivity index (χ3n) is 6.17. The van der Waals surface area contributed by atoms with Crippen LogP contribution in [0.15, 0.2) is 53.5 Å². The van der Waals surface area contributed by atoms with Gasteiger partial charge in [0.1, 0.15) is 18.0 Å².